The number of benzene rings is 1. The Morgan fingerprint density at radius 2 is 2.26 bits per heavy atom. The van der Waals surface area contributed by atoms with E-state index in [-0.39, 0.29) is 12.3 Å². The summed E-state index contributed by atoms with van der Waals surface area (Å²) in [7, 11) is 0. The first-order chi connectivity index (χ1) is 11.0. The number of ether oxygens (including phenoxy) is 1. The fourth-order valence-corrected chi connectivity index (χ4v) is 3.19. The number of carbonyl (C=O) groups is 2. The maximum atomic E-state index is 12.3. The van der Waals surface area contributed by atoms with Crippen LogP contribution in [0.4, 0.5) is 0 Å². The third kappa shape index (κ3) is 3.76. The third-order valence-corrected chi connectivity index (χ3v) is 4.43. The number of esters is 1. The standard InChI is InChI=1S/C16H13BrClNO4/c17-13-7-11(18)3-4-14(13)23-16(21)10-6-15(20)19(8-10)9-12-2-1-5-22-12/h1-5,7,10H,6,8-9H2. The summed E-state index contributed by atoms with van der Waals surface area (Å²) in [5, 5.41) is 0.539. The van der Waals surface area contributed by atoms with Crippen LogP contribution in [-0.2, 0) is 16.1 Å². The average molecular weight is 399 g/mol. The Bertz CT molecular complexity index is 732. The highest BCUT2D eigenvalue weighted by Gasteiger charge is 2.36. The molecule has 1 unspecified atom stereocenters. The van der Waals surface area contributed by atoms with Crippen LogP contribution in [0.15, 0.2) is 45.5 Å². The lowest BCUT2D eigenvalue weighted by molar-refractivity contribution is -0.139. The fourth-order valence-electron chi connectivity index (χ4n) is 2.42. The first kappa shape index (κ1) is 16.1. The van der Waals surface area contributed by atoms with Gasteiger partial charge in [-0.05, 0) is 46.3 Å². The molecule has 1 aromatic heterocycles. The van der Waals surface area contributed by atoms with E-state index >= 15 is 0 Å². The highest BCUT2D eigenvalue weighted by atomic mass is 79.9. The lowest BCUT2D eigenvalue weighted by Crippen LogP contribution is -2.27. The summed E-state index contributed by atoms with van der Waals surface area (Å²) < 4.78 is 11.2. The largest absolute Gasteiger partial charge is 0.467 e. The second kappa shape index (κ2) is 6.76. The van der Waals surface area contributed by atoms with E-state index in [4.69, 9.17) is 20.8 Å². The normalized spacial score (nSPS) is 17.6. The number of rotatable bonds is 4. The Hall–Kier alpha value is -1.79. The number of furan rings is 1. The predicted molar refractivity (Wildman–Crippen MR) is 87.0 cm³/mol. The molecule has 1 aromatic carbocycles. The van der Waals surface area contributed by atoms with Crippen molar-refractivity contribution in [3.05, 3.63) is 51.9 Å². The number of halogens is 2. The van der Waals surface area contributed by atoms with Gasteiger partial charge in [0.15, 0.2) is 0 Å². The Morgan fingerprint density at radius 3 is 2.96 bits per heavy atom. The second-order valence-electron chi connectivity index (χ2n) is 5.25. The van der Waals surface area contributed by atoms with Crippen LogP contribution in [0.2, 0.25) is 5.02 Å². The van der Waals surface area contributed by atoms with Crippen LogP contribution < -0.4 is 4.74 Å². The smallest absolute Gasteiger partial charge is 0.316 e. The van der Waals surface area contributed by atoms with Crippen LogP contribution in [-0.4, -0.2) is 23.3 Å². The molecule has 1 atom stereocenters. The van der Waals surface area contributed by atoms with E-state index in [9.17, 15) is 9.59 Å². The van der Waals surface area contributed by atoms with Crippen LogP contribution in [0.3, 0.4) is 0 Å². The van der Waals surface area contributed by atoms with Crippen LogP contribution in [0.1, 0.15) is 12.2 Å². The Labute approximate surface area is 146 Å². The molecule has 0 saturated carbocycles. The Kier molecular flexibility index (Phi) is 4.73. The number of hydrogen-bond acceptors (Lipinski definition) is 4. The van der Waals surface area contributed by atoms with Crippen molar-refractivity contribution in [3.8, 4) is 5.75 Å². The van der Waals surface area contributed by atoms with Crippen molar-refractivity contribution >= 4 is 39.4 Å². The van der Waals surface area contributed by atoms with Crippen LogP contribution in [0.5, 0.6) is 5.75 Å². The summed E-state index contributed by atoms with van der Waals surface area (Å²) in [6.07, 6.45) is 1.70. The zero-order valence-electron chi connectivity index (χ0n) is 12.0. The van der Waals surface area contributed by atoms with Crippen molar-refractivity contribution in [1.29, 1.82) is 0 Å². The molecule has 0 bridgehead atoms. The molecular formula is C16H13BrClNO4. The fraction of sp³-hybridized carbons (Fsp3) is 0.250. The van der Waals surface area contributed by atoms with Gasteiger partial charge in [0.25, 0.3) is 0 Å². The molecule has 5 nitrogen and oxygen atoms in total. The van der Waals surface area contributed by atoms with E-state index < -0.39 is 11.9 Å². The molecule has 120 valence electrons. The van der Waals surface area contributed by atoms with E-state index in [2.05, 4.69) is 15.9 Å². The van der Waals surface area contributed by atoms with Crippen molar-refractivity contribution in [1.82, 2.24) is 4.90 Å². The topological polar surface area (TPSA) is 59.8 Å². The molecule has 7 heteroatoms. The molecule has 0 spiro atoms. The van der Waals surface area contributed by atoms with Crippen LogP contribution in [0, 0.1) is 5.92 Å². The van der Waals surface area contributed by atoms with Crippen LogP contribution >= 0.6 is 27.5 Å². The van der Waals surface area contributed by atoms with Gasteiger partial charge in [-0.15, -0.1) is 0 Å². The quantitative estimate of drug-likeness (QED) is 0.583. The summed E-state index contributed by atoms with van der Waals surface area (Å²) in [5.41, 5.74) is 0. The number of hydrogen-bond donors (Lipinski definition) is 0. The minimum Gasteiger partial charge on any atom is -0.467 e. The van der Waals surface area contributed by atoms with Gasteiger partial charge in [-0.1, -0.05) is 11.6 Å². The zero-order chi connectivity index (χ0) is 16.4. The molecule has 1 aliphatic heterocycles. The zero-order valence-corrected chi connectivity index (χ0v) is 14.3. The van der Waals surface area contributed by atoms with Crippen molar-refractivity contribution in [2.75, 3.05) is 6.54 Å². The summed E-state index contributed by atoms with van der Waals surface area (Å²) >= 11 is 9.15. The van der Waals surface area contributed by atoms with E-state index in [1.165, 1.54) is 0 Å². The van der Waals surface area contributed by atoms with Gasteiger partial charge in [-0.2, -0.15) is 0 Å². The van der Waals surface area contributed by atoms with Gasteiger partial charge < -0.3 is 14.1 Å². The maximum Gasteiger partial charge on any atom is 0.316 e. The monoisotopic (exact) mass is 397 g/mol. The Balaban J connectivity index is 1.63. The van der Waals surface area contributed by atoms with Gasteiger partial charge in [-0.3, -0.25) is 9.59 Å². The number of carbonyl (C=O) groups excluding carboxylic acids is 2. The summed E-state index contributed by atoms with van der Waals surface area (Å²) in [6.45, 7) is 0.684. The molecule has 0 radical (unpaired) electrons. The predicted octanol–water partition coefficient (Wildman–Crippen LogP) is 3.65. The van der Waals surface area contributed by atoms with Gasteiger partial charge in [0.05, 0.1) is 23.2 Å². The van der Waals surface area contributed by atoms with E-state index in [1.807, 2.05) is 0 Å². The minimum atomic E-state index is -0.486. The highest BCUT2D eigenvalue weighted by Crippen LogP contribution is 2.30. The first-order valence-corrected chi connectivity index (χ1v) is 8.17. The molecule has 0 aliphatic carbocycles. The molecule has 1 saturated heterocycles. The van der Waals surface area contributed by atoms with Gasteiger partial charge >= 0.3 is 5.97 Å². The summed E-state index contributed by atoms with van der Waals surface area (Å²) in [5.74, 6) is 0.0750. The molecule has 0 N–H and O–H groups in total. The van der Waals surface area contributed by atoms with Crippen molar-refractivity contribution in [2.24, 2.45) is 5.92 Å². The number of amides is 1. The van der Waals surface area contributed by atoms with Gasteiger partial charge in [0.1, 0.15) is 11.5 Å². The minimum absolute atomic E-state index is 0.0847. The molecule has 1 amide bonds. The van der Waals surface area contributed by atoms with Crippen molar-refractivity contribution in [3.63, 3.8) is 0 Å². The summed E-state index contributed by atoms with van der Waals surface area (Å²) in [4.78, 5) is 25.9. The van der Waals surface area contributed by atoms with E-state index in [1.54, 1.807) is 41.5 Å². The molecule has 23 heavy (non-hydrogen) atoms. The molecule has 2 heterocycles. The van der Waals surface area contributed by atoms with Crippen molar-refractivity contribution < 1.29 is 18.7 Å². The second-order valence-corrected chi connectivity index (χ2v) is 6.54. The van der Waals surface area contributed by atoms with Crippen LogP contribution in [0.25, 0.3) is 0 Å². The lowest BCUT2D eigenvalue weighted by atomic mass is 10.1. The third-order valence-electron chi connectivity index (χ3n) is 3.58. The highest BCUT2D eigenvalue weighted by molar-refractivity contribution is 9.10. The van der Waals surface area contributed by atoms with Crippen molar-refractivity contribution in [2.45, 2.75) is 13.0 Å². The molecule has 3 rings (SSSR count). The van der Waals surface area contributed by atoms with Gasteiger partial charge in [-0.25, -0.2) is 0 Å². The Morgan fingerprint density at radius 1 is 1.43 bits per heavy atom. The first-order valence-electron chi connectivity index (χ1n) is 7.00. The molecule has 1 aliphatic rings. The van der Waals surface area contributed by atoms with Gasteiger partial charge in [0, 0.05) is 18.0 Å². The average Bonchev–Trinajstić information content (AvgIpc) is 3.13. The van der Waals surface area contributed by atoms with E-state index in [0.29, 0.717) is 34.1 Å². The maximum absolute atomic E-state index is 12.3. The number of likely N-dealkylation sites (tertiary alicyclic amines) is 1. The molecule has 2 aromatic rings. The molecular weight excluding hydrogens is 386 g/mol. The molecule has 1 fully saturated rings. The lowest BCUT2D eigenvalue weighted by Gasteiger charge is -2.15. The number of nitrogens with zero attached hydrogens (tertiary/aromatic N) is 1. The SMILES string of the molecule is O=C(Oc1ccc(Cl)cc1Br)C1CC(=O)N(Cc2ccco2)C1. The summed E-state index contributed by atoms with van der Waals surface area (Å²) in [6, 6.07) is 8.45. The van der Waals surface area contributed by atoms with E-state index in [0.717, 1.165) is 0 Å². The van der Waals surface area contributed by atoms with Gasteiger partial charge in [0.2, 0.25) is 5.91 Å².